The van der Waals surface area contributed by atoms with Crippen molar-refractivity contribution >= 4 is 27.3 Å². The highest BCUT2D eigenvalue weighted by molar-refractivity contribution is 7.93. The van der Waals surface area contributed by atoms with Crippen molar-refractivity contribution in [2.24, 2.45) is 0 Å². The molecule has 29 heavy (non-hydrogen) atoms. The summed E-state index contributed by atoms with van der Waals surface area (Å²) in [4.78, 5) is 10.5. The van der Waals surface area contributed by atoms with Crippen molar-refractivity contribution < 1.29 is 22.7 Å². The Bertz CT molecular complexity index is 839. The average Bonchev–Trinajstić information content (AvgIpc) is 2.71. The van der Waals surface area contributed by atoms with Crippen molar-refractivity contribution in [3.8, 4) is 0 Å². The lowest BCUT2D eigenvalue weighted by atomic mass is 10.0. The summed E-state index contributed by atoms with van der Waals surface area (Å²) in [5, 5.41) is 6.22. The minimum Gasteiger partial charge on any atom is -0.385 e. The molecule has 1 aliphatic carbocycles. The van der Waals surface area contributed by atoms with Crippen LogP contribution in [0.4, 0.5) is 0 Å². The number of carbonyl (C=O) groups is 1. The fourth-order valence-corrected chi connectivity index (χ4v) is 5.03. The number of nitrogens with one attached hydrogen (secondary N) is 2. The first-order chi connectivity index (χ1) is 13.9. The molecule has 0 spiro atoms. The van der Waals surface area contributed by atoms with Gasteiger partial charge in [-0.3, -0.25) is 10.1 Å². The lowest BCUT2D eigenvalue weighted by molar-refractivity contribution is -0.120. The van der Waals surface area contributed by atoms with Gasteiger partial charge in [0, 0.05) is 31.9 Å². The van der Waals surface area contributed by atoms with E-state index in [-0.39, 0.29) is 24.0 Å². The Morgan fingerprint density at radius 1 is 1.24 bits per heavy atom. The van der Waals surface area contributed by atoms with E-state index in [1.54, 1.807) is 32.3 Å². The highest BCUT2D eigenvalue weighted by Crippen LogP contribution is 2.35. The fourth-order valence-electron chi connectivity index (χ4n) is 3.02. The third-order valence-corrected chi connectivity index (χ3v) is 6.91. The number of rotatable bonds is 11. The van der Waals surface area contributed by atoms with E-state index in [0.717, 1.165) is 0 Å². The molecule has 1 aromatic rings. The fraction of sp³-hybridized carbons (Fsp3) is 0.450. The SMILES string of the molecule is CCOC1(S(=O)(=O)c2ccc(Cl)cc2)C=CC=CC1NCC(=O)NCCCOC. The predicted molar refractivity (Wildman–Crippen MR) is 113 cm³/mol. The Kier molecular flexibility index (Phi) is 8.85. The molecule has 0 saturated carbocycles. The molecule has 0 aliphatic heterocycles. The second-order valence-electron chi connectivity index (χ2n) is 6.41. The van der Waals surface area contributed by atoms with Gasteiger partial charge in [-0.15, -0.1) is 0 Å². The second kappa shape index (κ2) is 10.9. The van der Waals surface area contributed by atoms with Crippen LogP contribution in [0.25, 0.3) is 0 Å². The van der Waals surface area contributed by atoms with E-state index in [4.69, 9.17) is 21.1 Å². The third-order valence-electron chi connectivity index (χ3n) is 4.42. The molecular weight excluding hydrogens is 416 g/mol. The van der Waals surface area contributed by atoms with E-state index in [2.05, 4.69) is 10.6 Å². The normalized spacial score (nSPS) is 21.3. The number of benzene rings is 1. The average molecular weight is 443 g/mol. The Labute approximate surface area is 177 Å². The first kappa shape index (κ1) is 23.6. The van der Waals surface area contributed by atoms with Crippen molar-refractivity contribution in [2.45, 2.75) is 29.2 Å². The summed E-state index contributed by atoms with van der Waals surface area (Å²) in [7, 11) is -2.36. The number of allylic oxidation sites excluding steroid dienone is 2. The van der Waals surface area contributed by atoms with Crippen LogP contribution in [0.1, 0.15) is 13.3 Å². The van der Waals surface area contributed by atoms with Crippen LogP contribution in [0, 0.1) is 0 Å². The maximum atomic E-state index is 13.5. The highest BCUT2D eigenvalue weighted by Gasteiger charge is 2.50. The highest BCUT2D eigenvalue weighted by atomic mass is 35.5. The number of methoxy groups -OCH3 is 1. The van der Waals surface area contributed by atoms with Crippen LogP contribution in [0.2, 0.25) is 5.02 Å². The summed E-state index contributed by atoms with van der Waals surface area (Å²) in [6, 6.07) is 5.19. The van der Waals surface area contributed by atoms with Gasteiger partial charge in [-0.1, -0.05) is 29.8 Å². The van der Waals surface area contributed by atoms with Crippen LogP contribution < -0.4 is 10.6 Å². The number of ether oxygens (including phenoxy) is 2. The minimum absolute atomic E-state index is 0.0548. The van der Waals surface area contributed by atoms with Gasteiger partial charge in [-0.05, 0) is 43.7 Å². The molecule has 0 aromatic heterocycles. The molecule has 0 fully saturated rings. The Morgan fingerprint density at radius 2 is 1.97 bits per heavy atom. The number of amides is 1. The molecule has 0 saturated heterocycles. The Morgan fingerprint density at radius 3 is 2.62 bits per heavy atom. The standard InChI is InChI=1S/C20H27ClN2O5S/c1-3-28-20(29(25,26)17-10-8-16(21)9-11-17)12-5-4-7-18(20)23-15-19(24)22-13-6-14-27-2/h4-5,7-12,18,23H,3,6,13-15H2,1-2H3,(H,22,24). The van der Waals surface area contributed by atoms with Crippen molar-refractivity contribution in [2.75, 3.05) is 33.4 Å². The largest absolute Gasteiger partial charge is 0.385 e. The summed E-state index contributed by atoms with van der Waals surface area (Å²) in [5.41, 5.74) is 0. The van der Waals surface area contributed by atoms with Crippen molar-refractivity contribution in [1.82, 2.24) is 10.6 Å². The molecule has 7 nitrogen and oxygen atoms in total. The van der Waals surface area contributed by atoms with Gasteiger partial charge in [-0.2, -0.15) is 0 Å². The summed E-state index contributed by atoms with van der Waals surface area (Å²) in [6.07, 6.45) is 7.24. The summed E-state index contributed by atoms with van der Waals surface area (Å²) in [6.45, 7) is 2.88. The van der Waals surface area contributed by atoms with E-state index in [1.165, 1.54) is 30.3 Å². The van der Waals surface area contributed by atoms with Gasteiger partial charge in [0.2, 0.25) is 20.7 Å². The van der Waals surface area contributed by atoms with Crippen molar-refractivity contribution in [3.63, 3.8) is 0 Å². The van der Waals surface area contributed by atoms with Crippen molar-refractivity contribution in [1.29, 1.82) is 0 Å². The first-order valence-electron chi connectivity index (χ1n) is 9.36. The smallest absolute Gasteiger partial charge is 0.233 e. The number of halogens is 1. The van der Waals surface area contributed by atoms with Crippen molar-refractivity contribution in [3.05, 3.63) is 53.6 Å². The molecule has 2 N–H and O–H groups in total. The van der Waals surface area contributed by atoms with E-state index >= 15 is 0 Å². The third kappa shape index (κ3) is 5.67. The molecule has 0 radical (unpaired) electrons. The minimum atomic E-state index is -3.95. The topological polar surface area (TPSA) is 93.7 Å². The number of sulfone groups is 1. The molecule has 2 unspecified atom stereocenters. The maximum absolute atomic E-state index is 13.5. The molecule has 160 valence electrons. The van der Waals surface area contributed by atoms with Gasteiger partial charge in [0.1, 0.15) is 0 Å². The first-order valence-corrected chi connectivity index (χ1v) is 11.2. The van der Waals surface area contributed by atoms with Crippen LogP contribution in [-0.2, 0) is 24.1 Å². The molecule has 1 amide bonds. The van der Waals surface area contributed by atoms with E-state index in [9.17, 15) is 13.2 Å². The van der Waals surface area contributed by atoms with E-state index < -0.39 is 20.8 Å². The van der Waals surface area contributed by atoms with Crippen LogP contribution >= 0.6 is 11.6 Å². The molecule has 1 aliphatic rings. The van der Waals surface area contributed by atoms with Gasteiger partial charge in [0.15, 0.2) is 0 Å². The molecule has 2 atom stereocenters. The summed E-state index contributed by atoms with van der Waals surface area (Å²) < 4.78 is 37.8. The summed E-state index contributed by atoms with van der Waals surface area (Å²) >= 11 is 5.90. The van der Waals surface area contributed by atoms with Gasteiger partial charge in [0.05, 0.1) is 17.5 Å². The van der Waals surface area contributed by atoms with Crippen LogP contribution in [0.5, 0.6) is 0 Å². The zero-order valence-corrected chi connectivity index (χ0v) is 18.1. The lowest BCUT2D eigenvalue weighted by Gasteiger charge is -2.38. The molecule has 0 bridgehead atoms. The number of hydrogen-bond donors (Lipinski definition) is 2. The quantitative estimate of drug-likeness (QED) is 0.509. The zero-order chi connectivity index (χ0) is 21.3. The molecule has 2 rings (SSSR count). The van der Waals surface area contributed by atoms with Crippen LogP contribution in [0.15, 0.2) is 53.5 Å². The lowest BCUT2D eigenvalue weighted by Crippen LogP contribution is -2.57. The van der Waals surface area contributed by atoms with Crippen LogP contribution in [-0.4, -0.2) is 58.7 Å². The predicted octanol–water partition coefficient (Wildman–Crippen LogP) is 2.08. The van der Waals surface area contributed by atoms with Gasteiger partial charge in [0.25, 0.3) is 0 Å². The summed E-state index contributed by atoms with van der Waals surface area (Å²) in [5.74, 6) is -0.238. The Hall–Kier alpha value is -1.71. The number of hydrogen-bond acceptors (Lipinski definition) is 6. The van der Waals surface area contributed by atoms with Crippen LogP contribution in [0.3, 0.4) is 0 Å². The molecule has 1 aromatic carbocycles. The Balaban J connectivity index is 2.21. The monoisotopic (exact) mass is 442 g/mol. The molecular formula is C20H27ClN2O5S. The molecule has 9 heteroatoms. The van der Waals surface area contributed by atoms with Gasteiger partial charge < -0.3 is 14.8 Å². The molecule has 0 heterocycles. The maximum Gasteiger partial charge on any atom is 0.233 e. The van der Waals surface area contributed by atoms with Gasteiger partial charge >= 0.3 is 0 Å². The van der Waals surface area contributed by atoms with E-state index in [0.29, 0.717) is 24.6 Å². The second-order valence-corrected chi connectivity index (χ2v) is 8.96. The number of carbonyl (C=O) groups excluding carboxylic acids is 1. The van der Waals surface area contributed by atoms with E-state index in [1.807, 2.05) is 0 Å². The zero-order valence-electron chi connectivity index (χ0n) is 16.6. The van der Waals surface area contributed by atoms with Gasteiger partial charge in [-0.25, -0.2) is 8.42 Å².